The molecule has 2 unspecified atom stereocenters. The number of rotatable bonds is 18. The van der Waals surface area contributed by atoms with E-state index in [9.17, 15) is 18.9 Å². The summed E-state index contributed by atoms with van der Waals surface area (Å²) in [7, 11) is -2.16. The number of carbonyl (C=O) groups is 3. The highest BCUT2D eigenvalue weighted by Gasteiger charge is 2.40. The van der Waals surface area contributed by atoms with Crippen LogP contribution in [-0.4, -0.2) is 66.5 Å². The number of carbonyl (C=O) groups excluding carboxylic acids is 3. The number of hydrogen-bond donors (Lipinski definition) is 0. The van der Waals surface area contributed by atoms with Gasteiger partial charge in [0, 0.05) is 24.9 Å². The van der Waals surface area contributed by atoms with Crippen LogP contribution in [-0.2, 0) is 38.4 Å². The molecule has 0 spiro atoms. The van der Waals surface area contributed by atoms with Crippen LogP contribution in [0.25, 0.3) is 0 Å². The van der Waals surface area contributed by atoms with Crippen LogP contribution in [0, 0.1) is 11.3 Å². The van der Waals surface area contributed by atoms with Crippen molar-refractivity contribution in [1.82, 2.24) is 9.73 Å². The number of hydrogen-bond acceptors (Lipinski definition) is 10. The zero-order valence-electron chi connectivity index (χ0n) is 29.1. The third kappa shape index (κ3) is 8.85. The zero-order chi connectivity index (χ0) is 36.3. The minimum absolute atomic E-state index is 0.00559. The Hall–Kier alpha value is -4.37. The molecule has 2 amide bonds. The van der Waals surface area contributed by atoms with Gasteiger partial charge in [-0.05, 0) is 75.1 Å². The molecular formula is C37H44N3O9P. The molecule has 0 radical (unpaired) electrons. The Kier molecular flexibility index (Phi) is 13.5. The van der Waals surface area contributed by atoms with Crippen molar-refractivity contribution >= 4 is 25.5 Å². The first kappa shape index (κ1) is 38.4. The third-order valence-electron chi connectivity index (χ3n) is 8.05. The van der Waals surface area contributed by atoms with Gasteiger partial charge in [-0.2, -0.15) is 5.26 Å². The van der Waals surface area contributed by atoms with E-state index in [2.05, 4.69) is 0 Å². The lowest BCUT2D eigenvalue weighted by Gasteiger charge is -2.37. The van der Waals surface area contributed by atoms with Crippen LogP contribution in [0.15, 0.2) is 78.9 Å². The molecule has 1 saturated heterocycles. The fourth-order valence-corrected chi connectivity index (χ4v) is 8.04. The van der Waals surface area contributed by atoms with Gasteiger partial charge in [-0.1, -0.05) is 54.6 Å². The molecule has 13 heteroatoms. The van der Waals surface area contributed by atoms with Crippen LogP contribution in [0.1, 0.15) is 80.4 Å². The highest BCUT2D eigenvalue weighted by molar-refractivity contribution is 7.51. The molecular weight excluding hydrogens is 661 g/mol. The monoisotopic (exact) mass is 705 g/mol. The van der Waals surface area contributed by atoms with E-state index in [1.165, 1.54) is 0 Å². The van der Waals surface area contributed by atoms with Crippen molar-refractivity contribution in [3.8, 4) is 11.8 Å². The van der Waals surface area contributed by atoms with E-state index in [0.717, 1.165) is 11.1 Å². The fraction of sp³-hybridized carbons (Fsp3) is 0.405. The van der Waals surface area contributed by atoms with Crippen molar-refractivity contribution < 1.29 is 42.3 Å². The van der Waals surface area contributed by atoms with Crippen molar-refractivity contribution in [3.05, 3.63) is 101 Å². The van der Waals surface area contributed by atoms with Gasteiger partial charge in [0.15, 0.2) is 0 Å². The molecule has 0 N–H and O–H groups in total. The topological polar surface area (TPSA) is 145 Å². The van der Waals surface area contributed by atoms with Crippen molar-refractivity contribution in [2.75, 3.05) is 26.9 Å². The average molecular weight is 706 g/mol. The number of nitrogens with zero attached hydrogens (tertiary/aromatic N) is 3. The SMILES string of the molecule is COc1ccc(C(OCCCOP(=O)(OCCC#N)N(C(C)C)C(C)C)(c2ccccc2)c2ccc(C(=O)ON3C(=O)CCC3=O)cc2)cc1. The Morgan fingerprint density at radius 1 is 0.840 bits per heavy atom. The lowest BCUT2D eigenvalue weighted by atomic mass is 9.79. The summed E-state index contributed by atoms with van der Waals surface area (Å²) in [6, 6.07) is 25.3. The summed E-state index contributed by atoms with van der Waals surface area (Å²) in [6.45, 7) is 7.82. The molecule has 4 rings (SSSR count). The van der Waals surface area contributed by atoms with Gasteiger partial charge >= 0.3 is 13.7 Å². The Bertz CT molecular complexity index is 1670. The number of nitriles is 1. The molecule has 2 atom stereocenters. The van der Waals surface area contributed by atoms with Crippen molar-refractivity contribution in [2.24, 2.45) is 0 Å². The van der Waals surface area contributed by atoms with E-state index in [1.54, 1.807) is 36.0 Å². The summed E-state index contributed by atoms with van der Waals surface area (Å²) in [5.41, 5.74) is 1.19. The molecule has 0 bridgehead atoms. The van der Waals surface area contributed by atoms with Crippen molar-refractivity contribution in [1.29, 1.82) is 5.26 Å². The normalized spacial score (nSPS) is 15.6. The molecule has 12 nitrogen and oxygen atoms in total. The van der Waals surface area contributed by atoms with Gasteiger partial charge in [0.1, 0.15) is 11.4 Å². The lowest BCUT2D eigenvalue weighted by molar-refractivity contribution is -0.172. The second-order valence-electron chi connectivity index (χ2n) is 12.1. The number of methoxy groups -OCH3 is 1. The Labute approximate surface area is 293 Å². The van der Waals surface area contributed by atoms with Gasteiger partial charge in [0.2, 0.25) is 0 Å². The first-order valence-electron chi connectivity index (χ1n) is 16.5. The largest absolute Gasteiger partial charge is 0.497 e. The number of imide groups is 1. The van der Waals surface area contributed by atoms with Gasteiger partial charge in [0.05, 0.1) is 45.0 Å². The number of ether oxygens (including phenoxy) is 2. The highest BCUT2D eigenvalue weighted by Crippen LogP contribution is 2.54. The van der Waals surface area contributed by atoms with Crippen LogP contribution >= 0.6 is 7.75 Å². The maximum absolute atomic E-state index is 14.0. The molecule has 1 fully saturated rings. The highest BCUT2D eigenvalue weighted by atomic mass is 31.2. The molecule has 1 aliphatic heterocycles. The quantitative estimate of drug-likeness (QED) is 0.0597. The smallest absolute Gasteiger partial charge is 0.408 e. The van der Waals surface area contributed by atoms with Gasteiger partial charge < -0.3 is 14.3 Å². The Morgan fingerprint density at radius 2 is 1.38 bits per heavy atom. The minimum Gasteiger partial charge on any atom is -0.497 e. The van der Waals surface area contributed by atoms with Crippen LogP contribution < -0.4 is 4.74 Å². The molecule has 0 aromatic heterocycles. The second-order valence-corrected chi connectivity index (χ2v) is 14.0. The first-order chi connectivity index (χ1) is 24.0. The first-order valence-corrected chi connectivity index (χ1v) is 18.0. The molecule has 3 aromatic carbocycles. The maximum Gasteiger partial charge on any atom is 0.408 e. The Balaban J connectivity index is 1.64. The Morgan fingerprint density at radius 3 is 1.92 bits per heavy atom. The average Bonchev–Trinajstić information content (AvgIpc) is 3.42. The predicted octanol–water partition coefficient (Wildman–Crippen LogP) is 6.79. The number of amides is 2. The fourth-order valence-electron chi connectivity index (χ4n) is 5.89. The second kappa shape index (κ2) is 17.5. The van der Waals surface area contributed by atoms with Crippen LogP contribution in [0.5, 0.6) is 5.75 Å². The third-order valence-corrected chi connectivity index (χ3v) is 10.6. The van der Waals surface area contributed by atoms with Crippen molar-refractivity contribution in [2.45, 2.75) is 71.1 Å². The van der Waals surface area contributed by atoms with Gasteiger partial charge in [-0.15, -0.1) is 5.06 Å². The summed E-state index contributed by atoms with van der Waals surface area (Å²) in [6.07, 6.45) is 0.401. The molecule has 0 saturated carbocycles. The van der Waals surface area contributed by atoms with E-state index in [-0.39, 0.29) is 56.7 Å². The van der Waals surface area contributed by atoms with E-state index < -0.39 is 31.1 Å². The molecule has 3 aromatic rings. The summed E-state index contributed by atoms with van der Waals surface area (Å²) < 4.78 is 39.7. The van der Waals surface area contributed by atoms with Crippen LogP contribution in [0.3, 0.4) is 0 Å². The summed E-state index contributed by atoms with van der Waals surface area (Å²) in [4.78, 5) is 42.1. The molecule has 0 aliphatic carbocycles. The molecule has 1 heterocycles. The molecule has 50 heavy (non-hydrogen) atoms. The van der Waals surface area contributed by atoms with Gasteiger partial charge in [-0.3, -0.25) is 18.6 Å². The summed E-state index contributed by atoms with van der Waals surface area (Å²) in [5, 5.41) is 9.54. The summed E-state index contributed by atoms with van der Waals surface area (Å²) in [5.74, 6) is -1.32. The number of hydroxylamine groups is 2. The van der Waals surface area contributed by atoms with Crippen molar-refractivity contribution in [3.63, 3.8) is 0 Å². The molecule has 266 valence electrons. The van der Waals surface area contributed by atoms with E-state index in [0.29, 0.717) is 22.8 Å². The van der Waals surface area contributed by atoms with Crippen LogP contribution in [0.2, 0.25) is 0 Å². The predicted molar refractivity (Wildman–Crippen MR) is 185 cm³/mol. The minimum atomic E-state index is -3.75. The van der Waals surface area contributed by atoms with E-state index in [1.807, 2.05) is 88.4 Å². The van der Waals surface area contributed by atoms with E-state index in [4.69, 9.17) is 28.6 Å². The number of benzene rings is 3. The van der Waals surface area contributed by atoms with E-state index >= 15 is 0 Å². The summed E-state index contributed by atoms with van der Waals surface area (Å²) >= 11 is 0. The maximum atomic E-state index is 14.0. The van der Waals surface area contributed by atoms with Gasteiger partial charge in [0.25, 0.3) is 11.8 Å². The standard InChI is InChI=1S/C37H44N3O9P/c1-27(2)40(28(3)4)50(44,47-25-9-23-38)48-26-10-24-46-37(30-11-7-6-8-12-30,32-17-19-33(45-5)20-18-32)31-15-13-29(14-16-31)36(43)49-39-34(41)21-22-35(39)42/h6-8,11-20,27-28H,9-10,21-22,24-26H2,1-5H3. The molecule has 1 aliphatic rings. The zero-order valence-corrected chi connectivity index (χ0v) is 30.0. The lowest BCUT2D eigenvalue weighted by Crippen LogP contribution is -2.36. The van der Waals surface area contributed by atoms with Gasteiger partial charge in [-0.25, -0.2) is 14.0 Å². The van der Waals surface area contributed by atoms with Crippen LogP contribution in [0.4, 0.5) is 0 Å².